The van der Waals surface area contributed by atoms with Gasteiger partial charge in [-0.25, -0.2) is 0 Å². The molecule has 0 saturated heterocycles. The van der Waals surface area contributed by atoms with Crippen molar-refractivity contribution in [3.8, 4) is 0 Å². The number of carboxylic acids is 1. The van der Waals surface area contributed by atoms with Crippen LogP contribution in [-0.2, 0) is 9.59 Å². The summed E-state index contributed by atoms with van der Waals surface area (Å²) in [6, 6.07) is 2.83. The minimum atomic E-state index is -0.958. The first-order valence-corrected chi connectivity index (χ1v) is 6.24. The van der Waals surface area contributed by atoms with E-state index in [1.165, 1.54) is 17.0 Å². The van der Waals surface area contributed by atoms with E-state index in [1.807, 2.05) is 0 Å². The number of hydrogen-bond donors (Lipinski definition) is 1. The summed E-state index contributed by atoms with van der Waals surface area (Å²) in [7, 11) is 0. The molecule has 0 atom stereocenters. The van der Waals surface area contributed by atoms with E-state index in [1.54, 1.807) is 0 Å². The third-order valence-electron chi connectivity index (χ3n) is 2.75. The number of hydrogen-bond acceptors (Lipinski definition) is 3. The molecule has 1 aromatic carbocycles. The highest BCUT2D eigenvalue weighted by atomic mass is 35.5. The molecule has 1 aliphatic heterocycles. The normalized spacial score (nSPS) is 13.9. The average molecular weight is 302 g/mol. The lowest BCUT2D eigenvalue weighted by atomic mass is 10.1. The smallest absolute Gasteiger partial charge is 0.303 e. The molecule has 0 bridgehead atoms. The average Bonchev–Trinajstić information content (AvgIpc) is 2.54. The topological polar surface area (TPSA) is 74.7 Å². The zero-order chi connectivity index (χ0) is 14.2. The van der Waals surface area contributed by atoms with Crippen molar-refractivity contribution in [1.82, 2.24) is 0 Å². The second-order valence-corrected chi connectivity index (χ2v) is 4.91. The maximum absolute atomic E-state index is 11.8. The van der Waals surface area contributed by atoms with Crippen LogP contribution in [0.5, 0.6) is 0 Å². The maximum atomic E-state index is 11.8. The Morgan fingerprint density at radius 3 is 2.58 bits per heavy atom. The van der Waals surface area contributed by atoms with Gasteiger partial charge in [-0.3, -0.25) is 14.4 Å². The summed E-state index contributed by atoms with van der Waals surface area (Å²) in [5.74, 6) is -2.33. The lowest BCUT2D eigenvalue weighted by molar-refractivity contribution is -0.137. The van der Waals surface area contributed by atoms with Gasteiger partial charge < -0.3 is 10.0 Å². The summed E-state index contributed by atoms with van der Waals surface area (Å²) >= 11 is 11.8. The standard InChI is InChI=1S/C12H9Cl2NO4/c13-6-4-7-10(8(14)5-6)15(12(19)11(7)18)3-1-2-9(16)17/h4-5H,1-3H2,(H,16,17). The van der Waals surface area contributed by atoms with E-state index in [4.69, 9.17) is 28.3 Å². The van der Waals surface area contributed by atoms with E-state index >= 15 is 0 Å². The van der Waals surface area contributed by atoms with E-state index in [9.17, 15) is 14.4 Å². The fraction of sp³-hybridized carbons (Fsp3) is 0.250. The zero-order valence-corrected chi connectivity index (χ0v) is 11.2. The lowest BCUT2D eigenvalue weighted by Crippen LogP contribution is -2.31. The Kier molecular flexibility index (Phi) is 3.78. The number of Topliss-reactive ketones (excluding diaryl/α,β-unsaturated/α-hetero) is 1. The number of carbonyl (C=O) groups is 3. The van der Waals surface area contributed by atoms with Crippen LogP contribution in [0.3, 0.4) is 0 Å². The molecule has 0 unspecified atom stereocenters. The van der Waals surface area contributed by atoms with E-state index in [2.05, 4.69) is 0 Å². The van der Waals surface area contributed by atoms with Crippen molar-refractivity contribution in [2.75, 3.05) is 11.4 Å². The molecule has 2 rings (SSSR count). The molecule has 0 fully saturated rings. The maximum Gasteiger partial charge on any atom is 0.303 e. The molecule has 0 radical (unpaired) electrons. The van der Waals surface area contributed by atoms with Gasteiger partial charge in [-0.15, -0.1) is 0 Å². The highest BCUT2D eigenvalue weighted by Gasteiger charge is 2.37. The van der Waals surface area contributed by atoms with Gasteiger partial charge >= 0.3 is 5.97 Å². The molecule has 1 aliphatic rings. The van der Waals surface area contributed by atoms with Gasteiger partial charge in [0, 0.05) is 18.0 Å². The van der Waals surface area contributed by atoms with Gasteiger partial charge in [-0.1, -0.05) is 23.2 Å². The molecular weight excluding hydrogens is 293 g/mol. The Labute approximate surface area is 118 Å². The first-order valence-electron chi connectivity index (χ1n) is 5.49. The molecule has 7 heteroatoms. The summed E-state index contributed by atoms with van der Waals surface area (Å²) in [6.07, 6.45) is 0.158. The summed E-state index contributed by atoms with van der Waals surface area (Å²) < 4.78 is 0. The van der Waals surface area contributed by atoms with Gasteiger partial charge in [0.15, 0.2) is 0 Å². The number of ketones is 1. The van der Waals surface area contributed by atoms with Crippen LogP contribution in [0.1, 0.15) is 23.2 Å². The van der Waals surface area contributed by atoms with Crippen molar-refractivity contribution < 1.29 is 19.5 Å². The number of amides is 1. The Morgan fingerprint density at radius 1 is 1.26 bits per heavy atom. The van der Waals surface area contributed by atoms with Crippen LogP contribution in [0.25, 0.3) is 0 Å². The molecule has 0 saturated carbocycles. The van der Waals surface area contributed by atoms with Crippen LogP contribution in [-0.4, -0.2) is 29.3 Å². The molecule has 0 spiro atoms. The van der Waals surface area contributed by atoms with E-state index in [0.29, 0.717) is 5.69 Å². The largest absolute Gasteiger partial charge is 0.481 e. The number of rotatable bonds is 4. The van der Waals surface area contributed by atoms with Gasteiger partial charge in [0.05, 0.1) is 16.3 Å². The fourth-order valence-corrected chi connectivity index (χ4v) is 2.55. The van der Waals surface area contributed by atoms with Crippen molar-refractivity contribution >= 4 is 46.5 Å². The second kappa shape index (κ2) is 5.19. The van der Waals surface area contributed by atoms with Crippen molar-refractivity contribution in [2.24, 2.45) is 0 Å². The minimum absolute atomic E-state index is 0.0848. The highest BCUT2D eigenvalue weighted by molar-refractivity contribution is 6.54. The Balaban J connectivity index is 2.31. The van der Waals surface area contributed by atoms with E-state index in [0.717, 1.165) is 0 Å². The Hall–Kier alpha value is -1.59. The van der Waals surface area contributed by atoms with Crippen molar-refractivity contribution in [2.45, 2.75) is 12.8 Å². The van der Waals surface area contributed by atoms with Gasteiger partial charge in [0.2, 0.25) is 0 Å². The number of carbonyl (C=O) groups excluding carboxylic acids is 2. The third-order valence-corrected chi connectivity index (χ3v) is 3.26. The molecule has 19 heavy (non-hydrogen) atoms. The summed E-state index contributed by atoms with van der Waals surface area (Å²) in [4.78, 5) is 35.3. The lowest BCUT2D eigenvalue weighted by Gasteiger charge is -2.17. The molecule has 1 aromatic rings. The number of benzene rings is 1. The molecular formula is C12H9Cl2NO4. The van der Waals surface area contributed by atoms with Crippen LogP contribution < -0.4 is 4.90 Å². The van der Waals surface area contributed by atoms with Crippen LogP contribution in [0.15, 0.2) is 12.1 Å². The molecule has 5 nitrogen and oxygen atoms in total. The van der Waals surface area contributed by atoms with Gasteiger partial charge in [-0.05, 0) is 18.6 Å². The zero-order valence-electron chi connectivity index (χ0n) is 9.65. The van der Waals surface area contributed by atoms with Crippen molar-refractivity contribution in [3.63, 3.8) is 0 Å². The highest BCUT2D eigenvalue weighted by Crippen LogP contribution is 2.38. The molecule has 1 amide bonds. The molecule has 100 valence electrons. The number of aliphatic carboxylic acids is 1. The SMILES string of the molecule is O=C(O)CCCN1C(=O)C(=O)c2cc(Cl)cc(Cl)c21. The van der Waals surface area contributed by atoms with Gasteiger partial charge in [0.25, 0.3) is 11.7 Å². The Morgan fingerprint density at radius 2 is 1.95 bits per heavy atom. The second-order valence-electron chi connectivity index (χ2n) is 4.07. The first-order chi connectivity index (χ1) is 8.91. The monoisotopic (exact) mass is 301 g/mol. The molecule has 1 N–H and O–H groups in total. The van der Waals surface area contributed by atoms with Crippen molar-refractivity contribution in [1.29, 1.82) is 0 Å². The molecule has 1 heterocycles. The van der Waals surface area contributed by atoms with E-state index < -0.39 is 17.7 Å². The van der Waals surface area contributed by atoms with E-state index in [-0.39, 0.29) is 35.0 Å². The van der Waals surface area contributed by atoms with Crippen LogP contribution in [0.2, 0.25) is 10.0 Å². The Bertz CT molecular complexity index is 585. The summed E-state index contributed by atoms with van der Waals surface area (Å²) in [5, 5.41) is 9.06. The number of halogens is 2. The number of carboxylic acid groups (broad SMARTS) is 1. The first kappa shape index (κ1) is 13.8. The summed E-state index contributed by atoms with van der Waals surface area (Å²) in [6.45, 7) is 0.130. The number of nitrogens with zero attached hydrogens (tertiary/aromatic N) is 1. The van der Waals surface area contributed by atoms with Crippen molar-refractivity contribution in [3.05, 3.63) is 27.7 Å². The quantitative estimate of drug-likeness (QED) is 0.867. The van der Waals surface area contributed by atoms with Gasteiger partial charge in [0.1, 0.15) is 0 Å². The summed E-state index contributed by atoms with van der Waals surface area (Å²) in [5.41, 5.74) is 0.476. The third kappa shape index (κ3) is 2.57. The fourth-order valence-electron chi connectivity index (χ4n) is 1.95. The van der Waals surface area contributed by atoms with Crippen LogP contribution >= 0.6 is 23.2 Å². The molecule has 0 aliphatic carbocycles. The molecule has 0 aromatic heterocycles. The number of anilines is 1. The van der Waals surface area contributed by atoms with Crippen LogP contribution in [0, 0.1) is 0 Å². The predicted octanol–water partition coefficient (Wildman–Crippen LogP) is 2.39. The van der Waals surface area contributed by atoms with Gasteiger partial charge in [-0.2, -0.15) is 0 Å². The number of fused-ring (bicyclic) bond motifs is 1. The minimum Gasteiger partial charge on any atom is -0.481 e. The predicted molar refractivity (Wildman–Crippen MR) is 70.0 cm³/mol. The van der Waals surface area contributed by atoms with Crippen LogP contribution in [0.4, 0.5) is 5.69 Å².